The summed E-state index contributed by atoms with van der Waals surface area (Å²) in [6.45, 7) is 5.95. The van der Waals surface area contributed by atoms with Crippen LogP contribution >= 0.6 is 0 Å². The van der Waals surface area contributed by atoms with Gasteiger partial charge in [-0.1, -0.05) is 6.92 Å². The summed E-state index contributed by atoms with van der Waals surface area (Å²) in [5, 5.41) is 22.6. The first-order chi connectivity index (χ1) is 8.45. The van der Waals surface area contributed by atoms with E-state index in [1.165, 1.54) is 6.20 Å². The monoisotopic (exact) mass is 256 g/mol. The van der Waals surface area contributed by atoms with Crippen LogP contribution in [0.5, 0.6) is 0 Å². The number of aliphatic carboxylic acids is 1. The highest BCUT2D eigenvalue weighted by Crippen LogP contribution is 2.20. The van der Waals surface area contributed by atoms with E-state index in [9.17, 15) is 9.90 Å². The van der Waals surface area contributed by atoms with Crippen molar-refractivity contribution in [2.24, 2.45) is 0 Å². The summed E-state index contributed by atoms with van der Waals surface area (Å²) in [4.78, 5) is 11.2. The predicted molar refractivity (Wildman–Crippen MR) is 65.1 cm³/mol. The lowest BCUT2D eigenvalue weighted by atomic mass is 10.2. The van der Waals surface area contributed by atoms with Crippen LogP contribution in [0.2, 0.25) is 0 Å². The number of nitrogens with zero attached hydrogens (tertiary/aromatic N) is 2. The Morgan fingerprint density at radius 2 is 2.22 bits per heavy atom. The molecule has 1 aromatic heterocycles. The minimum absolute atomic E-state index is 0.489. The van der Waals surface area contributed by atoms with Gasteiger partial charge in [-0.3, -0.25) is 4.68 Å². The van der Waals surface area contributed by atoms with Crippen molar-refractivity contribution in [2.45, 2.75) is 52.0 Å². The molecule has 0 fully saturated rings. The summed E-state index contributed by atoms with van der Waals surface area (Å²) >= 11 is 0. The van der Waals surface area contributed by atoms with Crippen LogP contribution in [0.15, 0.2) is 12.4 Å². The summed E-state index contributed by atoms with van der Waals surface area (Å²) in [6.07, 6.45) is 1.70. The Bertz CT molecular complexity index is 389. The van der Waals surface area contributed by atoms with Gasteiger partial charge in [0.1, 0.15) is 0 Å². The van der Waals surface area contributed by atoms with Gasteiger partial charge in [-0.15, -0.1) is 0 Å². The minimum Gasteiger partial charge on any atom is -0.479 e. The van der Waals surface area contributed by atoms with Crippen LogP contribution < -0.4 is 0 Å². The molecule has 0 aliphatic carbocycles. The minimum atomic E-state index is -1.10. The number of carboxylic acids is 1. The maximum Gasteiger partial charge on any atom is 0.337 e. The predicted octanol–water partition coefficient (Wildman–Crippen LogP) is 1.20. The van der Waals surface area contributed by atoms with Gasteiger partial charge < -0.3 is 14.9 Å². The lowest BCUT2D eigenvalue weighted by Gasteiger charge is -2.20. The Morgan fingerprint density at radius 1 is 1.56 bits per heavy atom. The van der Waals surface area contributed by atoms with Crippen LogP contribution in [-0.2, 0) is 16.1 Å². The van der Waals surface area contributed by atoms with E-state index >= 15 is 0 Å². The number of hydrogen-bond donors (Lipinski definition) is 2. The molecule has 6 heteroatoms. The second-order valence-corrected chi connectivity index (χ2v) is 4.34. The molecule has 1 rings (SSSR count). The van der Waals surface area contributed by atoms with Gasteiger partial charge in [0.2, 0.25) is 0 Å². The topological polar surface area (TPSA) is 84.6 Å². The van der Waals surface area contributed by atoms with Gasteiger partial charge in [0.15, 0.2) is 6.10 Å². The second kappa shape index (κ2) is 6.51. The van der Waals surface area contributed by atoms with Crippen LogP contribution in [0.25, 0.3) is 0 Å². The molecule has 18 heavy (non-hydrogen) atoms. The van der Waals surface area contributed by atoms with Crippen molar-refractivity contribution >= 4 is 5.97 Å². The standard InChI is InChI=1S/C12H20N2O4/c1-4-5-14-7-10(6-13-14)11(12(16)17)18-9(3)8(2)15/h6-9,11,15H,4-5H2,1-3H3,(H,16,17). The molecule has 0 saturated carbocycles. The van der Waals surface area contributed by atoms with Crippen molar-refractivity contribution in [1.82, 2.24) is 9.78 Å². The maximum absolute atomic E-state index is 11.2. The third-order valence-electron chi connectivity index (χ3n) is 2.66. The molecule has 2 N–H and O–H groups in total. The van der Waals surface area contributed by atoms with Crippen molar-refractivity contribution in [3.05, 3.63) is 18.0 Å². The van der Waals surface area contributed by atoms with Crippen LogP contribution in [0, 0.1) is 0 Å². The molecular formula is C12H20N2O4. The largest absolute Gasteiger partial charge is 0.479 e. The van der Waals surface area contributed by atoms with Gasteiger partial charge in [-0.05, 0) is 20.3 Å². The molecule has 0 amide bonds. The van der Waals surface area contributed by atoms with Crippen molar-refractivity contribution in [3.63, 3.8) is 0 Å². The van der Waals surface area contributed by atoms with Gasteiger partial charge in [0.25, 0.3) is 0 Å². The fourth-order valence-electron chi connectivity index (χ4n) is 1.47. The molecule has 0 aliphatic heterocycles. The molecule has 1 heterocycles. The van der Waals surface area contributed by atoms with Gasteiger partial charge in [-0.2, -0.15) is 5.10 Å². The highest BCUT2D eigenvalue weighted by Gasteiger charge is 2.26. The lowest BCUT2D eigenvalue weighted by Crippen LogP contribution is -2.28. The molecular weight excluding hydrogens is 236 g/mol. The Hall–Kier alpha value is -1.40. The molecule has 0 aromatic carbocycles. The first-order valence-electron chi connectivity index (χ1n) is 6.04. The van der Waals surface area contributed by atoms with Crippen LogP contribution in [0.4, 0.5) is 0 Å². The van der Waals surface area contributed by atoms with Crippen molar-refractivity contribution in [3.8, 4) is 0 Å². The zero-order valence-electron chi connectivity index (χ0n) is 10.9. The van der Waals surface area contributed by atoms with Crippen molar-refractivity contribution in [1.29, 1.82) is 0 Å². The number of carbonyl (C=O) groups is 1. The average molecular weight is 256 g/mol. The van der Waals surface area contributed by atoms with E-state index in [-0.39, 0.29) is 0 Å². The van der Waals surface area contributed by atoms with E-state index < -0.39 is 24.3 Å². The average Bonchev–Trinajstić information content (AvgIpc) is 2.73. The smallest absolute Gasteiger partial charge is 0.337 e. The number of aryl methyl sites for hydroxylation is 1. The van der Waals surface area contributed by atoms with Gasteiger partial charge >= 0.3 is 5.97 Å². The Balaban J connectivity index is 2.80. The van der Waals surface area contributed by atoms with E-state index in [1.807, 2.05) is 6.92 Å². The van der Waals surface area contributed by atoms with Crippen molar-refractivity contribution in [2.75, 3.05) is 0 Å². The SMILES string of the molecule is CCCn1cc(C(OC(C)C(C)O)C(=O)O)cn1. The van der Waals surface area contributed by atoms with E-state index in [1.54, 1.807) is 24.7 Å². The Labute approximate surface area is 106 Å². The molecule has 3 unspecified atom stereocenters. The van der Waals surface area contributed by atoms with Crippen LogP contribution in [0.3, 0.4) is 0 Å². The number of carboxylic acid groups (broad SMARTS) is 1. The number of rotatable bonds is 7. The molecule has 0 spiro atoms. The summed E-state index contributed by atoms with van der Waals surface area (Å²) in [7, 11) is 0. The third kappa shape index (κ3) is 3.82. The highest BCUT2D eigenvalue weighted by atomic mass is 16.5. The van der Waals surface area contributed by atoms with E-state index in [0.717, 1.165) is 13.0 Å². The number of aromatic nitrogens is 2. The molecule has 0 bridgehead atoms. The highest BCUT2D eigenvalue weighted by molar-refractivity contribution is 5.74. The first-order valence-corrected chi connectivity index (χ1v) is 6.04. The van der Waals surface area contributed by atoms with Gasteiger partial charge in [0.05, 0.1) is 18.4 Å². The van der Waals surface area contributed by atoms with E-state index in [2.05, 4.69) is 5.10 Å². The zero-order chi connectivity index (χ0) is 13.7. The molecule has 0 saturated heterocycles. The quantitative estimate of drug-likeness (QED) is 0.766. The lowest BCUT2D eigenvalue weighted by molar-refractivity contribution is -0.158. The molecule has 1 aromatic rings. The van der Waals surface area contributed by atoms with E-state index in [4.69, 9.17) is 9.84 Å². The van der Waals surface area contributed by atoms with Crippen molar-refractivity contribution < 1.29 is 19.7 Å². The fraction of sp³-hybridized carbons (Fsp3) is 0.667. The maximum atomic E-state index is 11.2. The van der Waals surface area contributed by atoms with Crippen LogP contribution in [-0.4, -0.2) is 38.2 Å². The number of aliphatic hydroxyl groups excluding tert-OH is 1. The number of aliphatic hydroxyl groups is 1. The van der Waals surface area contributed by atoms with Crippen LogP contribution in [0.1, 0.15) is 38.9 Å². The number of ether oxygens (including phenoxy) is 1. The molecule has 0 aliphatic rings. The summed E-state index contributed by atoms with van der Waals surface area (Å²) in [6, 6.07) is 0. The van der Waals surface area contributed by atoms with Gasteiger partial charge in [0, 0.05) is 18.3 Å². The second-order valence-electron chi connectivity index (χ2n) is 4.34. The van der Waals surface area contributed by atoms with Gasteiger partial charge in [-0.25, -0.2) is 4.79 Å². The third-order valence-corrected chi connectivity index (χ3v) is 2.66. The molecule has 3 atom stereocenters. The van der Waals surface area contributed by atoms with E-state index in [0.29, 0.717) is 5.56 Å². The Morgan fingerprint density at radius 3 is 2.72 bits per heavy atom. The summed E-state index contributed by atoms with van der Waals surface area (Å²) in [5.74, 6) is -1.08. The zero-order valence-corrected chi connectivity index (χ0v) is 10.9. The summed E-state index contributed by atoms with van der Waals surface area (Å²) < 4.78 is 7.03. The molecule has 6 nitrogen and oxygen atoms in total. The fourth-order valence-corrected chi connectivity index (χ4v) is 1.47. The normalized spacial score (nSPS) is 16.2. The summed E-state index contributed by atoms with van der Waals surface area (Å²) in [5.41, 5.74) is 0.489. The molecule has 0 radical (unpaired) electrons. The Kier molecular flexibility index (Phi) is 5.30. The number of hydrogen-bond acceptors (Lipinski definition) is 4. The molecule has 102 valence electrons. The first kappa shape index (κ1) is 14.7.